The van der Waals surface area contributed by atoms with Gasteiger partial charge in [-0.1, -0.05) is 18.2 Å². The predicted molar refractivity (Wildman–Crippen MR) is 135 cm³/mol. The molecule has 1 saturated heterocycles. The highest BCUT2D eigenvalue weighted by Crippen LogP contribution is 2.74. The van der Waals surface area contributed by atoms with E-state index in [-0.39, 0.29) is 47.1 Å². The van der Waals surface area contributed by atoms with E-state index < -0.39 is 16.9 Å². The number of hydrogen-bond acceptors (Lipinski definition) is 4. The van der Waals surface area contributed by atoms with Crippen LogP contribution in [0.15, 0.2) is 36.4 Å². The molecule has 2 amide bonds. The molecule has 2 aromatic rings. The van der Waals surface area contributed by atoms with Gasteiger partial charge in [-0.2, -0.15) is 0 Å². The molecule has 2 spiro atoms. The van der Waals surface area contributed by atoms with Crippen molar-refractivity contribution >= 4 is 11.8 Å². The smallest absolute Gasteiger partial charge is 0.271 e. The van der Waals surface area contributed by atoms with E-state index >= 15 is 0 Å². The van der Waals surface area contributed by atoms with Crippen LogP contribution in [0.1, 0.15) is 65.6 Å². The molecule has 5 aliphatic rings. The molecule has 6 atom stereocenters. The Labute approximate surface area is 214 Å². The van der Waals surface area contributed by atoms with E-state index in [4.69, 9.17) is 10.8 Å². The fourth-order valence-electron chi connectivity index (χ4n) is 8.41. The normalized spacial score (nSPS) is 36.8. The molecule has 4 fully saturated rings. The molecule has 1 heterocycles. The summed E-state index contributed by atoms with van der Waals surface area (Å²) in [7, 11) is 0. The Morgan fingerprint density at radius 1 is 1.16 bits per heavy atom. The lowest BCUT2D eigenvalue weighted by molar-refractivity contribution is -0.123. The highest BCUT2D eigenvalue weighted by molar-refractivity contribution is 5.96. The first-order chi connectivity index (χ1) is 17.7. The van der Waals surface area contributed by atoms with Crippen LogP contribution < -0.4 is 11.1 Å². The van der Waals surface area contributed by atoms with Crippen molar-refractivity contribution in [3.05, 3.63) is 64.5 Å². The van der Waals surface area contributed by atoms with E-state index in [1.165, 1.54) is 25.0 Å². The van der Waals surface area contributed by atoms with E-state index in [1.807, 2.05) is 6.07 Å². The molecule has 8 heteroatoms. The molecule has 5 unspecified atom stereocenters. The van der Waals surface area contributed by atoms with Crippen molar-refractivity contribution in [1.82, 2.24) is 10.2 Å². The number of nitrogens with zero attached hydrogens (tertiary/aromatic N) is 1. The number of aliphatic hydroxyl groups is 1. The van der Waals surface area contributed by atoms with E-state index in [0.29, 0.717) is 25.2 Å². The zero-order chi connectivity index (χ0) is 25.7. The average molecular weight is 507 g/mol. The Kier molecular flexibility index (Phi) is 4.72. The Hall–Kier alpha value is -2.97. The molecule has 6 N–H and O–H groups in total. The van der Waals surface area contributed by atoms with E-state index in [9.17, 15) is 19.1 Å². The topological polar surface area (TPSA) is 118 Å². The summed E-state index contributed by atoms with van der Waals surface area (Å²) < 4.78 is 13.3. The molecule has 0 radical (unpaired) electrons. The highest BCUT2D eigenvalue weighted by Gasteiger charge is 2.85. The first-order valence-electron chi connectivity index (χ1n) is 13.4. The number of carbonyl (C=O) groups excluding carboxylic acids is 2. The second kappa shape index (κ2) is 7.54. The van der Waals surface area contributed by atoms with Crippen molar-refractivity contribution in [2.45, 2.75) is 80.0 Å². The SMILES string of the molecule is NC(=O)c1ccc2c(c1[OH2+])C13C[C@H](NC(=O)Cc4ccc(F)cc4)CCC1(O)C1N(CC4CC4)C1(C2)C3. The number of amides is 2. The second-order valence-electron chi connectivity index (χ2n) is 12.2. The minimum Gasteiger partial charge on any atom is -0.593 e. The van der Waals surface area contributed by atoms with Crippen LogP contribution in [0.3, 0.4) is 0 Å². The first-order valence-corrected chi connectivity index (χ1v) is 13.4. The van der Waals surface area contributed by atoms with Crippen LogP contribution in [0.5, 0.6) is 5.75 Å². The van der Waals surface area contributed by atoms with E-state index in [2.05, 4.69) is 10.2 Å². The van der Waals surface area contributed by atoms with Gasteiger partial charge in [0.1, 0.15) is 11.4 Å². The Bertz CT molecular complexity index is 1330. The van der Waals surface area contributed by atoms with Crippen molar-refractivity contribution in [1.29, 1.82) is 0 Å². The molecule has 37 heavy (non-hydrogen) atoms. The zero-order valence-corrected chi connectivity index (χ0v) is 20.7. The molecular formula is C29H33FN3O4+. The summed E-state index contributed by atoms with van der Waals surface area (Å²) in [5.41, 5.74) is 6.50. The van der Waals surface area contributed by atoms with Crippen LogP contribution in [-0.4, -0.2) is 56.7 Å². The van der Waals surface area contributed by atoms with Crippen LogP contribution >= 0.6 is 0 Å². The molecule has 3 saturated carbocycles. The van der Waals surface area contributed by atoms with Crippen molar-refractivity contribution in [2.75, 3.05) is 6.54 Å². The zero-order valence-electron chi connectivity index (χ0n) is 20.7. The Morgan fingerprint density at radius 2 is 1.92 bits per heavy atom. The van der Waals surface area contributed by atoms with Crippen LogP contribution in [0, 0.1) is 11.7 Å². The van der Waals surface area contributed by atoms with Crippen molar-refractivity contribution < 1.29 is 24.2 Å². The number of halogens is 1. The lowest BCUT2D eigenvalue weighted by Crippen LogP contribution is -2.61. The molecule has 7 nitrogen and oxygen atoms in total. The summed E-state index contributed by atoms with van der Waals surface area (Å²) in [6, 6.07) is 9.41. The van der Waals surface area contributed by atoms with Gasteiger partial charge in [-0.3, -0.25) is 14.5 Å². The van der Waals surface area contributed by atoms with Gasteiger partial charge in [-0.05, 0) is 80.2 Å². The molecule has 2 aromatic carbocycles. The summed E-state index contributed by atoms with van der Waals surface area (Å²) >= 11 is 0. The number of primary amides is 1. The second-order valence-corrected chi connectivity index (χ2v) is 12.2. The molecule has 7 rings (SSSR count). The largest absolute Gasteiger partial charge is 0.593 e. The van der Waals surface area contributed by atoms with Crippen molar-refractivity contribution in [2.24, 2.45) is 11.7 Å². The molecule has 2 bridgehead atoms. The third-order valence-electron chi connectivity index (χ3n) is 10.0. The van der Waals surface area contributed by atoms with Crippen LogP contribution in [0.2, 0.25) is 0 Å². The minimum atomic E-state index is -1.02. The lowest BCUT2D eigenvalue weighted by Gasteiger charge is -2.53. The van der Waals surface area contributed by atoms with E-state index in [0.717, 1.165) is 36.1 Å². The van der Waals surface area contributed by atoms with Gasteiger partial charge < -0.3 is 21.3 Å². The fraction of sp³-hybridized carbons (Fsp3) is 0.517. The number of piperidine rings is 1. The third-order valence-corrected chi connectivity index (χ3v) is 10.0. The number of nitrogens with two attached hydrogens (primary N) is 1. The monoisotopic (exact) mass is 506 g/mol. The van der Waals surface area contributed by atoms with Gasteiger partial charge >= 0.3 is 0 Å². The van der Waals surface area contributed by atoms with Gasteiger partial charge in [-0.15, -0.1) is 0 Å². The Morgan fingerprint density at radius 3 is 2.62 bits per heavy atom. The molecule has 0 aromatic heterocycles. The maximum absolute atomic E-state index is 13.3. The summed E-state index contributed by atoms with van der Waals surface area (Å²) in [4.78, 5) is 27.6. The third kappa shape index (κ3) is 3.18. The first kappa shape index (κ1) is 23.2. The molecule has 194 valence electrons. The van der Waals surface area contributed by atoms with Gasteiger partial charge in [0.05, 0.1) is 23.6 Å². The van der Waals surface area contributed by atoms with Crippen LogP contribution in [0.25, 0.3) is 0 Å². The number of carbonyl (C=O) groups is 2. The number of likely N-dealkylation sites (tertiary alicyclic amines) is 1. The maximum atomic E-state index is 13.3. The average Bonchev–Trinajstić information content (AvgIpc) is 3.75. The van der Waals surface area contributed by atoms with Gasteiger partial charge in [0, 0.05) is 23.5 Å². The van der Waals surface area contributed by atoms with Gasteiger partial charge in [-0.25, -0.2) is 4.39 Å². The molecule has 4 aliphatic carbocycles. The summed E-state index contributed by atoms with van der Waals surface area (Å²) in [6.45, 7) is 1.02. The number of hydrogen-bond donors (Lipinski definition) is 3. The van der Waals surface area contributed by atoms with Crippen molar-refractivity contribution in [3.8, 4) is 5.75 Å². The molecular weight excluding hydrogens is 473 g/mol. The quantitative estimate of drug-likeness (QED) is 0.410. The highest BCUT2D eigenvalue weighted by atomic mass is 19.1. The van der Waals surface area contributed by atoms with Gasteiger partial charge in [0.2, 0.25) is 5.91 Å². The Balaban J connectivity index is 1.23. The standard InChI is InChI=1S/C29H32FN3O4/c30-19-6-3-16(4-7-19)11-22(34)32-20-9-10-29(37)26-28(33(26)14-17-1-2-17)12-18-5-8-21(25(31)36)24(35)23(18)27(29,13-20)15-28/h3-8,17,20,26,35,37H,1-2,9-15H2,(H2,31,36)(H,32,34)/p+1/t20-,26?,27?,28?,29?,33?/m1/s1. The van der Waals surface area contributed by atoms with Crippen LogP contribution in [0.4, 0.5) is 4.39 Å². The minimum absolute atomic E-state index is 0.0419. The van der Waals surface area contributed by atoms with Crippen molar-refractivity contribution in [3.63, 3.8) is 0 Å². The lowest BCUT2D eigenvalue weighted by atomic mass is 9.56. The summed E-state index contributed by atoms with van der Waals surface area (Å²) in [5, 5.41) is 24.7. The number of nitrogens with one attached hydrogen (secondary N) is 1. The number of rotatable bonds is 6. The van der Waals surface area contributed by atoms with Gasteiger partial charge in [0.15, 0.2) is 0 Å². The summed E-state index contributed by atoms with van der Waals surface area (Å²) in [5.74, 6) is -0.264. The molecule has 1 aliphatic heterocycles. The van der Waals surface area contributed by atoms with Gasteiger partial charge in [0.25, 0.3) is 11.7 Å². The fourth-order valence-corrected chi connectivity index (χ4v) is 8.41. The predicted octanol–water partition coefficient (Wildman–Crippen LogP) is 2.04. The van der Waals surface area contributed by atoms with Crippen LogP contribution in [-0.2, 0) is 23.1 Å². The number of benzene rings is 2. The summed E-state index contributed by atoms with van der Waals surface area (Å²) in [6.07, 6.45) is 5.87. The number of fused-ring (bicyclic) bond motifs is 2. The van der Waals surface area contributed by atoms with E-state index in [1.54, 1.807) is 18.2 Å². The maximum Gasteiger partial charge on any atom is 0.271 e.